The highest BCUT2D eigenvalue weighted by atomic mass is 19.4. The fourth-order valence-electron chi connectivity index (χ4n) is 3.08. The van der Waals surface area contributed by atoms with Crippen LogP contribution in [0.4, 0.5) is 18.9 Å². The molecule has 0 radical (unpaired) electrons. The molecule has 0 saturated carbocycles. The van der Waals surface area contributed by atoms with E-state index in [0.717, 1.165) is 23.3 Å². The van der Waals surface area contributed by atoms with Crippen molar-refractivity contribution in [1.82, 2.24) is 9.55 Å². The standard InChI is InChI=1S/C23H16F3N3O/c24-23(25,26)19-10-11-21(29-13-12-27-15-29)20(14-19)28-22(30)18-8-6-17(7-9-18)16-4-2-1-3-5-16/h1-15H,(H,28,30). The van der Waals surface area contributed by atoms with Gasteiger partial charge in [0.25, 0.3) is 5.91 Å². The Morgan fingerprint density at radius 3 is 2.23 bits per heavy atom. The van der Waals surface area contributed by atoms with Crippen molar-refractivity contribution in [3.8, 4) is 16.8 Å². The van der Waals surface area contributed by atoms with Gasteiger partial charge < -0.3 is 9.88 Å². The van der Waals surface area contributed by atoms with E-state index in [2.05, 4.69) is 10.3 Å². The van der Waals surface area contributed by atoms with Gasteiger partial charge in [0.2, 0.25) is 0 Å². The van der Waals surface area contributed by atoms with Gasteiger partial charge in [0.1, 0.15) is 0 Å². The highest BCUT2D eigenvalue weighted by Gasteiger charge is 2.31. The van der Waals surface area contributed by atoms with Crippen LogP contribution in [0.3, 0.4) is 0 Å². The van der Waals surface area contributed by atoms with E-state index in [1.54, 1.807) is 30.5 Å². The quantitative estimate of drug-likeness (QED) is 0.464. The Bertz CT molecular complexity index is 1150. The molecule has 0 unspecified atom stereocenters. The van der Waals surface area contributed by atoms with E-state index < -0.39 is 17.6 Å². The topological polar surface area (TPSA) is 46.9 Å². The number of nitrogens with one attached hydrogen (secondary N) is 1. The Hall–Kier alpha value is -3.87. The van der Waals surface area contributed by atoms with Gasteiger partial charge in [-0.15, -0.1) is 0 Å². The fraction of sp³-hybridized carbons (Fsp3) is 0.0435. The molecule has 4 nitrogen and oxygen atoms in total. The van der Waals surface area contributed by atoms with Crippen LogP contribution in [0.2, 0.25) is 0 Å². The predicted molar refractivity (Wildman–Crippen MR) is 108 cm³/mol. The van der Waals surface area contributed by atoms with E-state index in [9.17, 15) is 18.0 Å². The maximum Gasteiger partial charge on any atom is 0.416 e. The third-order valence-electron chi connectivity index (χ3n) is 4.61. The number of carbonyl (C=O) groups excluding carboxylic acids is 1. The van der Waals surface area contributed by atoms with Crippen molar-refractivity contribution in [2.45, 2.75) is 6.18 Å². The van der Waals surface area contributed by atoms with Crippen molar-refractivity contribution in [3.05, 3.63) is 103 Å². The molecule has 1 N–H and O–H groups in total. The van der Waals surface area contributed by atoms with Gasteiger partial charge in [-0.05, 0) is 41.5 Å². The largest absolute Gasteiger partial charge is 0.416 e. The molecule has 4 rings (SSSR count). The molecule has 0 aliphatic heterocycles. The number of benzene rings is 3. The average Bonchev–Trinajstić information content (AvgIpc) is 3.28. The minimum atomic E-state index is -4.52. The summed E-state index contributed by atoms with van der Waals surface area (Å²) in [4.78, 5) is 16.6. The SMILES string of the molecule is O=C(Nc1cc(C(F)(F)F)ccc1-n1ccnc1)c1ccc(-c2ccccc2)cc1. The van der Waals surface area contributed by atoms with Crippen LogP contribution in [0.15, 0.2) is 91.5 Å². The Labute approximate surface area is 170 Å². The van der Waals surface area contributed by atoms with Gasteiger partial charge in [-0.25, -0.2) is 4.98 Å². The van der Waals surface area contributed by atoms with Crippen LogP contribution >= 0.6 is 0 Å². The molecule has 0 saturated heterocycles. The molecule has 0 bridgehead atoms. The molecule has 0 spiro atoms. The summed E-state index contributed by atoms with van der Waals surface area (Å²) in [5.41, 5.74) is 1.86. The lowest BCUT2D eigenvalue weighted by Gasteiger charge is -2.15. The molecular formula is C23H16F3N3O. The Morgan fingerprint density at radius 1 is 0.900 bits per heavy atom. The lowest BCUT2D eigenvalue weighted by molar-refractivity contribution is -0.137. The van der Waals surface area contributed by atoms with Crippen LogP contribution in [-0.4, -0.2) is 15.5 Å². The summed E-state index contributed by atoms with van der Waals surface area (Å²) in [6.45, 7) is 0. The van der Waals surface area contributed by atoms with Crippen LogP contribution in [0.1, 0.15) is 15.9 Å². The number of aromatic nitrogens is 2. The van der Waals surface area contributed by atoms with Crippen molar-refractivity contribution in [1.29, 1.82) is 0 Å². The zero-order chi connectivity index (χ0) is 21.1. The van der Waals surface area contributed by atoms with Crippen LogP contribution in [0.25, 0.3) is 16.8 Å². The van der Waals surface area contributed by atoms with Crippen molar-refractivity contribution in [2.75, 3.05) is 5.32 Å². The Morgan fingerprint density at radius 2 is 1.60 bits per heavy atom. The van der Waals surface area contributed by atoms with Crippen LogP contribution in [-0.2, 0) is 6.18 Å². The van der Waals surface area contributed by atoms with E-state index in [1.165, 1.54) is 23.2 Å². The van der Waals surface area contributed by atoms with E-state index in [-0.39, 0.29) is 5.69 Å². The molecule has 1 aromatic heterocycles. The van der Waals surface area contributed by atoms with E-state index in [0.29, 0.717) is 11.3 Å². The fourth-order valence-corrected chi connectivity index (χ4v) is 3.08. The first-order chi connectivity index (χ1) is 14.4. The van der Waals surface area contributed by atoms with E-state index in [4.69, 9.17) is 0 Å². The molecule has 1 amide bonds. The molecule has 4 aromatic rings. The third kappa shape index (κ3) is 4.10. The number of rotatable bonds is 4. The number of amides is 1. The smallest absolute Gasteiger partial charge is 0.320 e. The van der Waals surface area contributed by atoms with Crippen LogP contribution < -0.4 is 5.32 Å². The van der Waals surface area contributed by atoms with Gasteiger partial charge in [-0.3, -0.25) is 4.79 Å². The Balaban J connectivity index is 1.63. The van der Waals surface area contributed by atoms with Crippen molar-refractivity contribution >= 4 is 11.6 Å². The minimum absolute atomic E-state index is 0.0416. The zero-order valence-corrected chi connectivity index (χ0v) is 15.6. The minimum Gasteiger partial charge on any atom is -0.320 e. The van der Waals surface area contributed by atoms with E-state index in [1.807, 2.05) is 30.3 Å². The van der Waals surface area contributed by atoms with Crippen LogP contribution in [0, 0.1) is 0 Å². The average molecular weight is 407 g/mol. The summed E-state index contributed by atoms with van der Waals surface area (Å²) in [6, 6.07) is 19.7. The summed E-state index contributed by atoms with van der Waals surface area (Å²) >= 11 is 0. The predicted octanol–water partition coefficient (Wildman–Crippen LogP) is 5.81. The number of alkyl halides is 3. The summed E-state index contributed by atoms with van der Waals surface area (Å²) in [7, 11) is 0. The second kappa shape index (κ2) is 7.87. The van der Waals surface area contributed by atoms with Gasteiger partial charge in [-0.1, -0.05) is 42.5 Å². The number of anilines is 1. The monoisotopic (exact) mass is 407 g/mol. The number of hydrogen-bond donors (Lipinski definition) is 1. The molecule has 1 heterocycles. The molecule has 0 aliphatic rings. The van der Waals surface area contributed by atoms with E-state index >= 15 is 0 Å². The molecule has 30 heavy (non-hydrogen) atoms. The summed E-state index contributed by atoms with van der Waals surface area (Å²) in [6.07, 6.45) is 0.0235. The summed E-state index contributed by atoms with van der Waals surface area (Å²) < 4.78 is 41.1. The molecule has 0 atom stereocenters. The number of hydrogen-bond acceptors (Lipinski definition) is 2. The second-order valence-corrected chi connectivity index (χ2v) is 6.60. The van der Waals surface area contributed by atoms with Crippen molar-refractivity contribution in [2.24, 2.45) is 0 Å². The van der Waals surface area contributed by atoms with Gasteiger partial charge in [0.15, 0.2) is 0 Å². The first kappa shape index (κ1) is 19.4. The van der Waals surface area contributed by atoms with Gasteiger partial charge in [0.05, 0.1) is 23.3 Å². The lowest BCUT2D eigenvalue weighted by Crippen LogP contribution is -2.15. The number of imidazole rings is 1. The molecule has 0 fully saturated rings. The molecular weight excluding hydrogens is 391 g/mol. The second-order valence-electron chi connectivity index (χ2n) is 6.60. The van der Waals surface area contributed by atoms with Crippen LogP contribution in [0.5, 0.6) is 0 Å². The lowest BCUT2D eigenvalue weighted by atomic mass is 10.0. The number of halogens is 3. The zero-order valence-electron chi connectivity index (χ0n) is 15.6. The van der Waals surface area contributed by atoms with Gasteiger partial charge in [-0.2, -0.15) is 13.2 Å². The number of nitrogens with zero attached hydrogens (tertiary/aromatic N) is 2. The van der Waals surface area contributed by atoms with Crippen molar-refractivity contribution < 1.29 is 18.0 Å². The maximum atomic E-state index is 13.2. The van der Waals surface area contributed by atoms with Gasteiger partial charge >= 0.3 is 6.18 Å². The first-order valence-electron chi connectivity index (χ1n) is 9.08. The highest BCUT2D eigenvalue weighted by Crippen LogP contribution is 2.33. The summed E-state index contributed by atoms with van der Waals surface area (Å²) in [5, 5.41) is 2.60. The molecule has 150 valence electrons. The van der Waals surface area contributed by atoms with Gasteiger partial charge in [0, 0.05) is 18.0 Å². The summed E-state index contributed by atoms with van der Waals surface area (Å²) in [5.74, 6) is -0.504. The Kier molecular flexibility index (Phi) is 5.10. The highest BCUT2D eigenvalue weighted by molar-refractivity contribution is 6.05. The maximum absolute atomic E-state index is 13.2. The molecule has 0 aliphatic carbocycles. The first-order valence-corrected chi connectivity index (χ1v) is 9.08. The van der Waals surface area contributed by atoms with Crippen molar-refractivity contribution in [3.63, 3.8) is 0 Å². The third-order valence-corrected chi connectivity index (χ3v) is 4.61. The molecule has 3 aromatic carbocycles. The normalized spacial score (nSPS) is 11.3. The molecule has 7 heteroatoms. The number of carbonyl (C=O) groups is 1.